The third-order valence-electron chi connectivity index (χ3n) is 5.59. The first-order valence-corrected chi connectivity index (χ1v) is 12.6. The first kappa shape index (κ1) is 23.5. The van der Waals surface area contributed by atoms with Gasteiger partial charge in [-0.05, 0) is 48.6 Å². The Morgan fingerprint density at radius 1 is 0.824 bits per heavy atom. The van der Waals surface area contributed by atoms with E-state index in [9.17, 15) is 13.2 Å². The quantitative estimate of drug-likeness (QED) is 0.329. The van der Waals surface area contributed by atoms with Crippen molar-refractivity contribution < 1.29 is 13.2 Å². The van der Waals surface area contributed by atoms with Gasteiger partial charge in [0.05, 0.1) is 4.90 Å². The van der Waals surface area contributed by atoms with E-state index in [1.54, 1.807) is 23.1 Å². The standard InChI is InChI=1S/C27H27N3O3S/c1-21-11-5-8-17-25(21)29-27(31)30(23-14-3-2-4-15-23)20-10-19-28-34(32,33)26-18-9-13-22-12-6-7-16-24(22)26/h2-9,11-18,28H,10,19-20H2,1H3,(H,29,31). The summed E-state index contributed by atoms with van der Waals surface area (Å²) in [5.74, 6) is 0. The Kier molecular flexibility index (Phi) is 7.25. The van der Waals surface area contributed by atoms with Gasteiger partial charge in [0.2, 0.25) is 10.0 Å². The van der Waals surface area contributed by atoms with Gasteiger partial charge in [-0.15, -0.1) is 0 Å². The largest absolute Gasteiger partial charge is 0.326 e. The number of nitrogens with one attached hydrogen (secondary N) is 2. The highest BCUT2D eigenvalue weighted by molar-refractivity contribution is 7.89. The maximum Gasteiger partial charge on any atom is 0.326 e. The molecule has 174 valence electrons. The number of sulfonamides is 1. The molecule has 0 bridgehead atoms. The van der Waals surface area contributed by atoms with Crippen LogP contribution >= 0.6 is 0 Å². The number of amides is 2. The van der Waals surface area contributed by atoms with Crippen molar-refractivity contribution in [1.82, 2.24) is 4.72 Å². The molecule has 0 unspecified atom stereocenters. The second-order valence-corrected chi connectivity index (χ2v) is 9.70. The van der Waals surface area contributed by atoms with Crippen LogP contribution in [0.2, 0.25) is 0 Å². The van der Waals surface area contributed by atoms with Crippen LogP contribution in [0.1, 0.15) is 12.0 Å². The zero-order valence-electron chi connectivity index (χ0n) is 18.9. The molecular weight excluding hydrogens is 446 g/mol. The monoisotopic (exact) mass is 473 g/mol. The van der Waals surface area contributed by atoms with Crippen LogP contribution in [0.25, 0.3) is 10.8 Å². The van der Waals surface area contributed by atoms with Crippen molar-refractivity contribution in [2.24, 2.45) is 0 Å². The van der Waals surface area contributed by atoms with Crippen LogP contribution in [-0.2, 0) is 10.0 Å². The van der Waals surface area contributed by atoms with Crippen LogP contribution in [0.3, 0.4) is 0 Å². The summed E-state index contributed by atoms with van der Waals surface area (Å²) in [6.07, 6.45) is 0.445. The highest BCUT2D eigenvalue weighted by Crippen LogP contribution is 2.23. The van der Waals surface area contributed by atoms with E-state index in [0.717, 1.165) is 22.3 Å². The van der Waals surface area contributed by atoms with E-state index in [0.29, 0.717) is 18.4 Å². The van der Waals surface area contributed by atoms with Gasteiger partial charge < -0.3 is 5.32 Å². The number of hydrogen-bond donors (Lipinski definition) is 2. The number of carbonyl (C=O) groups is 1. The normalized spacial score (nSPS) is 11.3. The average molecular weight is 474 g/mol. The molecule has 0 heterocycles. The fourth-order valence-electron chi connectivity index (χ4n) is 3.80. The van der Waals surface area contributed by atoms with Crippen molar-refractivity contribution >= 4 is 38.2 Å². The topological polar surface area (TPSA) is 78.5 Å². The summed E-state index contributed by atoms with van der Waals surface area (Å²) in [7, 11) is -3.69. The van der Waals surface area contributed by atoms with Crippen LogP contribution in [0.4, 0.5) is 16.2 Å². The molecule has 6 nitrogen and oxygen atoms in total. The number of carbonyl (C=O) groups excluding carboxylic acids is 1. The summed E-state index contributed by atoms with van der Waals surface area (Å²) in [6.45, 7) is 2.48. The number of aryl methyl sites for hydroxylation is 1. The number of urea groups is 1. The highest BCUT2D eigenvalue weighted by Gasteiger charge is 2.19. The summed E-state index contributed by atoms with van der Waals surface area (Å²) >= 11 is 0. The Morgan fingerprint density at radius 2 is 1.50 bits per heavy atom. The van der Waals surface area contributed by atoms with Crippen LogP contribution in [0.15, 0.2) is 102 Å². The molecule has 7 heteroatoms. The zero-order chi connectivity index (χ0) is 24.0. The van der Waals surface area contributed by atoms with Gasteiger partial charge >= 0.3 is 6.03 Å². The van der Waals surface area contributed by atoms with Crippen molar-refractivity contribution in [2.75, 3.05) is 23.3 Å². The molecule has 0 radical (unpaired) electrons. The van der Waals surface area contributed by atoms with Gasteiger partial charge in [-0.2, -0.15) is 0 Å². The van der Waals surface area contributed by atoms with Crippen LogP contribution in [0.5, 0.6) is 0 Å². The minimum absolute atomic E-state index is 0.201. The fraction of sp³-hybridized carbons (Fsp3) is 0.148. The van der Waals surface area contributed by atoms with Gasteiger partial charge in [0.15, 0.2) is 0 Å². The predicted molar refractivity (Wildman–Crippen MR) is 138 cm³/mol. The summed E-state index contributed by atoms with van der Waals surface area (Å²) in [6, 6.07) is 29.3. The Labute approximate surface area is 200 Å². The SMILES string of the molecule is Cc1ccccc1NC(=O)N(CCCNS(=O)(=O)c1cccc2ccccc12)c1ccccc1. The molecule has 2 N–H and O–H groups in total. The molecular formula is C27H27N3O3S. The zero-order valence-corrected chi connectivity index (χ0v) is 19.8. The van der Waals surface area contributed by atoms with Crippen LogP contribution < -0.4 is 14.9 Å². The second kappa shape index (κ2) is 10.5. The number of anilines is 2. The molecule has 4 aromatic rings. The molecule has 0 fully saturated rings. The summed E-state index contributed by atoms with van der Waals surface area (Å²) < 4.78 is 28.6. The third-order valence-corrected chi connectivity index (χ3v) is 7.11. The molecule has 0 aliphatic rings. The molecule has 0 saturated heterocycles. The van der Waals surface area contributed by atoms with Crippen molar-refractivity contribution in [1.29, 1.82) is 0 Å². The Hall–Kier alpha value is -3.68. The number of nitrogens with zero attached hydrogens (tertiary/aromatic N) is 1. The maximum absolute atomic E-state index is 13.1. The molecule has 0 aromatic heterocycles. The lowest BCUT2D eigenvalue weighted by atomic mass is 10.1. The van der Waals surface area contributed by atoms with Gasteiger partial charge in [0, 0.05) is 29.9 Å². The molecule has 4 aromatic carbocycles. The minimum Gasteiger partial charge on any atom is -0.307 e. The Balaban J connectivity index is 1.44. The number of para-hydroxylation sites is 2. The Morgan fingerprint density at radius 3 is 2.29 bits per heavy atom. The van der Waals surface area contributed by atoms with Crippen molar-refractivity contribution in [2.45, 2.75) is 18.2 Å². The Bertz CT molecular complexity index is 1380. The summed E-state index contributed by atoms with van der Waals surface area (Å²) in [5.41, 5.74) is 2.45. The smallest absolute Gasteiger partial charge is 0.307 e. The molecule has 0 spiro atoms. The molecule has 0 atom stereocenters. The maximum atomic E-state index is 13.1. The number of hydrogen-bond acceptors (Lipinski definition) is 3. The number of rotatable bonds is 8. The fourth-order valence-corrected chi connectivity index (χ4v) is 5.10. The lowest BCUT2D eigenvalue weighted by Crippen LogP contribution is -2.37. The first-order chi connectivity index (χ1) is 16.5. The summed E-state index contributed by atoms with van der Waals surface area (Å²) in [4.78, 5) is 15.0. The van der Waals surface area contributed by atoms with Gasteiger partial charge in [0.1, 0.15) is 0 Å². The third kappa shape index (κ3) is 5.44. The molecule has 0 saturated carbocycles. The van der Waals surface area contributed by atoms with Crippen molar-refractivity contribution in [3.8, 4) is 0 Å². The molecule has 0 aliphatic heterocycles. The molecule has 0 aliphatic carbocycles. The van der Waals surface area contributed by atoms with E-state index in [1.165, 1.54) is 0 Å². The molecule has 4 rings (SSSR count). The van der Waals surface area contributed by atoms with Crippen molar-refractivity contribution in [3.63, 3.8) is 0 Å². The molecule has 34 heavy (non-hydrogen) atoms. The van der Waals surface area contributed by atoms with E-state index in [2.05, 4.69) is 10.0 Å². The molecule has 2 amide bonds. The lowest BCUT2D eigenvalue weighted by Gasteiger charge is -2.24. The van der Waals surface area contributed by atoms with E-state index < -0.39 is 10.0 Å². The van der Waals surface area contributed by atoms with E-state index in [1.807, 2.05) is 85.8 Å². The summed E-state index contributed by atoms with van der Waals surface area (Å²) in [5, 5.41) is 4.51. The van der Waals surface area contributed by atoms with Gasteiger partial charge in [-0.25, -0.2) is 17.9 Å². The number of fused-ring (bicyclic) bond motifs is 1. The number of benzene rings is 4. The average Bonchev–Trinajstić information content (AvgIpc) is 2.85. The van der Waals surface area contributed by atoms with Crippen LogP contribution in [0, 0.1) is 6.92 Å². The van der Waals surface area contributed by atoms with E-state index in [-0.39, 0.29) is 17.5 Å². The van der Waals surface area contributed by atoms with Gasteiger partial charge in [0.25, 0.3) is 0 Å². The van der Waals surface area contributed by atoms with Gasteiger partial charge in [-0.3, -0.25) is 4.90 Å². The van der Waals surface area contributed by atoms with E-state index in [4.69, 9.17) is 0 Å². The second-order valence-electron chi connectivity index (χ2n) is 7.96. The predicted octanol–water partition coefficient (Wildman–Crippen LogP) is 5.56. The van der Waals surface area contributed by atoms with Crippen LogP contribution in [-0.4, -0.2) is 27.5 Å². The van der Waals surface area contributed by atoms with E-state index >= 15 is 0 Å². The van der Waals surface area contributed by atoms with Gasteiger partial charge in [-0.1, -0.05) is 72.8 Å². The lowest BCUT2D eigenvalue weighted by molar-refractivity contribution is 0.257. The highest BCUT2D eigenvalue weighted by atomic mass is 32.2. The van der Waals surface area contributed by atoms with Crippen molar-refractivity contribution in [3.05, 3.63) is 103 Å². The first-order valence-electron chi connectivity index (χ1n) is 11.1. The minimum atomic E-state index is -3.69.